The van der Waals surface area contributed by atoms with Gasteiger partial charge in [0.1, 0.15) is 12.4 Å². The second-order valence-corrected chi connectivity index (χ2v) is 5.80. The number of aryl methyl sites for hydroxylation is 1. The summed E-state index contributed by atoms with van der Waals surface area (Å²) < 4.78 is 7.65. The molecule has 0 heterocycles. The SMILES string of the molecule is Cc1cc(C#N)ccc1COc1c(Br)cccc1Br. The maximum absolute atomic E-state index is 8.84. The molecule has 2 aromatic rings. The van der Waals surface area contributed by atoms with Crippen molar-refractivity contribution in [2.75, 3.05) is 0 Å². The van der Waals surface area contributed by atoms with Gasteiger partial charge in [-0.25, -0.2) is 0 Å². The van der Waals surface area contributed by atoms with Gasteiger partial charge in [-0.2, -0.15) is 5.26 Å². The minimum Gasteiger partial charge on any atom is -0.487 e. The second kappa shape index (κ2) is 6.23. The van der Waals surface area contributed by atoms with Crippen LogP contribution in [0.5, 0.6) is 5.75 Å². The predicted octanol–water partition coefficient (Wildman–Crippen LogP) is 4.97. The minimum absolute atomic E-state index is 0.471. The summed E-state index contributed by atoms with van der Waals surface area (Å²) in [6.45, 7) is 2.45. The molecule has 0 aliphatic heterocycles. The van der Waals surface area contributed by atoms with Gasteiger partial charge in [-0.3, -0.25) is 0 Å². The molecule has 96 valence electrons. The average Bonchev–Trinajstić information content (AvgIpc) is 2.39. The molecule has 0 saturated carbocycles. The van der Waals surface area contributed by atoms with Crippen molar-refractivity contribution in [3.05, 3.63) is 62.0 Å². The third kappa shape index (κ3) is 3.37. The van der Waals surface area contributed by atoms with Gasteiger partial charge in [0.15, 0.2) is 0 Å². The van der Waals surface area contributed by atoms with Gasteiger partial charge in [0, 0.05) is 0 Å². The van der Waals surface area contributed by atoms with E-state index in [0.29, 0.717) is 12.2 Å². The summed E-state index contributed by atoms with van der Waals surface area (Å²) in [6.07, 6.45) is 0. The highest BCUT2D eigenvalue weighted by atomic mass is 79.9. The highest BCUT2D eigenvalue weighted by molar-refractivity contribution is 9.11. The fourth-order valence-corrected chi connectivity index (χ4v) is 2.93. The molecule has 0 radical (unpaired) electrons. The maximum atomic E-state index is 8.84. The Balaban J connectivity index is 2.17. The first-order chi connectivity index (χ1) is 9.11. The molecule has 0 aromatic heterocycles. The molecular weight excluding hydrogens is 370 g/mol. The lowest BCUT2D eigenvalue weighted by Gasteiger charge is -2.11. The van der Waals surface area contributed by atoms with Crippen molar-refractivity contribution in [1.29, 1.82) is 5.26 Å². The van der Waals surface area contributed by atoms with E-state index in [2.05, 4.69) is 37.9 Å². The summed E-state index contributed by atoms with van der Waals surface area (Å²) in [7, 11) is 0. The quantitative estimate of drug-likeness (QED) is 0.752. The molecule has 19 heavy (non-hydrogen) atoms. The normalized spacial score (nSPS) is 10.0. The summed E-state index contributed by atoms with van der Waals surface area (Å²) in [6, 6.07) is 13.5. The molecule has 2 rings (SSSR count). The Bertz CT molecular complexity index is 627. The van der Waals surface area contributed by atoms with Crippen molar-refractivity contribution >= 4 is 31.9 Å². The molecule has 0 N–H and O–H groups in total. The predicted molar refractivity (Wildman–Crippen MR) is 82.1 cm³/mol. The zero-order chi connectivity index (χ0) is 13.8. The van der Waals surface area contributed by atoms with Crippen LogP contribution in [0.2, 0.25) is 0 Å². The van der Waals surface area contributed by atoms with Crippen LogP contribution >= 0.6 is 31.9 Å². The zero-order valence-electron chi connectivity index (χ0n) is 10.3. The van der Waals surface area contributed by atoms with Crippen LogP contribution in [0.15, 0.2) is 45.3 Å². The third-order valence-corrected chi connectivity index (χ3v) is 4.01. The standard InChI is InChI=1S/C15H11Br2NO/c1-10-7-11(8-18)5-6-12(10)9-19-15-13(16)3-2-4-14(15)17/h2-7H,9H2,1H3. The number of hydrogen-bond donors (Lipinski definition) is 0. The summed E-state index contributed by atoms with van der Waals surface area (Å²) in [5, 5.41) is 8.84. The maximum Gasteiger partial charge on any atom is 0.148 e. The summed E-state index contributed by atoms with van der Waals surface area (Å²) in [5.74, 6) is 0.784. The molecule has 0 atom stereocenters. The molecule has 0 fully saturated rings. The summed E-state index contributed by atoms with van der Waals surface area (Å²) in [5.41, 5.74) is 2.80. The van der Waals surface area contributed by atoms with Crippen LogP contribution < -0.4 is 4.74 Å². The van der Waals surface area contributed by atoms with E-state index in [9.17, 15) is 0 Å². The molecule has 0 bridgehead atoms. The Morgan fingerprint density at radius 3 is 2.42 bits per heavy atom. The summed E-state index contributed by atoms with van der Waals surface area (Å²) in [4.78, 5) is 0. The van der Waals surface area contributed by atoms with Crippen LogP contribution in [0.25, 0.3) is 0 Å². The lowest BCUT2D eigenvalue weighted by Crippen LogP contribution is -1.99. The molecule has 0 unspecified atom stereocenters. The van der Waals surface area contributed by atoms with Crippen LogP contribution in [-0.4, -0.2) is 0 Å². The molecule has 0 saturated heterocycles. The van der Waals surface area contributed by atoms with E-state index >= 15 is 0 Å². The van der Waals surface area contributed by atoms with Crippen LogP contribution in [0.3, 0.4) is 0 Å². The number of nitrogens with zero attached hydrogens (tertiary/aromatic N) is 1. The molecule has 2 nitrogen and oxygen atoms in total. The molecular formula is C15H11Br2NO. The van der Waals surface area contributed by atoms with Gasteiger partial charge in [-0.05, 0) is 74.2 Å². The lowest BCUT2D eigenvalue weighted by atomic mass is 10.1. The van der Waals surface area contributed by atoms with Gasteiger partial charge in [-0.1, -0.05) is 12.1 Å². The van der Waals surface area contributed by atoms with E-state index in [4.69, 9.17) is 10.00 Å². The first-order valence-electron chi connectivity index (χ1n) is 5.68. The van der Waals surface area contributed by atoms with Crippen molar-refractivity contribution in [3.63, 3.8) is 0 Å². The fourth-order valence-electron chi connectivity index (χ4n) is 1.70. The number of ether oxygens (including phenoxy) is 1. The van der Waals surface area contributed by atoms with Gasteiger partial charge < -0.3 is 4.74 Å². The minimum atomic E-state index is 0.471. The Kier molecular flexibility index (Phi) is 4.62. The first kappa shape index (κ1) is 14.1. The van der Waals surface area contributed by atoms with Crippen molar-refractivity contribution in [2.45, 2.75) is 13.5 Å². The van der Waals surface area contributed by atoms with Crippen molar-refractivity contribution in [3.8, 4) is 11.8 Å². The Hall–Kier alpha value is -1.31. The highest BCUT2D eigenvalue weighted by Gasteiger charge is 2.07. The Morgan fingerprint density at radius 1 is 1.16 bits per heavy atom. The Labute approximate surface area is 129 Å². The van der Waals surface area contributed by atoms with E-state index in [1.165, 1.54) is 0 Å². The van der Waals surface area contributed by atoms with Crippen LogP contribution in [0, 0.1) is 18.3 Å². The van der Waals surface area contributed by atoms with E-state index < -0.39 is 0 Å². The topological polar surface area (TPSA) is 33.0 Å². The number of para-hydroxylation sites is 1. The average molecular weight is 381 g/mol. The summed E-state index contributed by atoms with van der Waals surface area (Å²) >= 11 is 6.93. The van der Waals surface area contributed by atoms with Crippen molar-refractivity contribution in [1.82, 2.24) is 0 Å². The molecule has 0 spiro atoms. The number of nitriles is 1. The zero-order valence-corrected chi connectivity index (χ0v) is 13.5. The number of halogens is 2. The fraction of sp³-hybridized carbons (Fsp3) is 0.133. The van der Waals surface area contributed by atoms with E-state index in [0.717, 1.165) is 25.8 Å². The number of rotatable bonds is 3. The number of hydrogen-bond acceptors (Lipinski definition) is 2. The lowest BCUT2D eigenvalue weighted by molar-refractivity contribution is 0.301. The van der Waals surface area contributed by atoms with Gasteiger partial charge in [0.05, 0.1) is 20.6 Å². The van der Waals surface area contributed by atoms with Gasteiger partial charge >= 0.3 is 0 Å². The second-order valence-electron chi connectivity index (χ2n) is 4.09. The van der Waals surface area contributed by atoms with Crippen molar-refractivity contribution in [2.24, 2.45) is 0 Å². The Morgan fingerprint density at radius 2 is 1.84 bits per heavy atom. The first-order valence-corrected chi connectivity index (χ1v) is 7.27. The third-order valence-electron chi connectivity index (χ3n) is 2.76. The van der Waals surface area contributed by atoms with Crippen LogP contribution in [0.1, 0.15) is 16.7 Å². The monoisotopic (exact) mass is 379 g/mol. The van der Waals surface area contributed by atoms with Crippen LogP contribution in [-0.2, 0) is 6.61 Å². The van der Waals surface area contributed by atoms with Crippen molar-refractivity contribution < 1.29 is 4.74 Å². The molecule has 0 aliphatic rings. The molecule has 0 aliphatic carbocycles. The van der Waals surface area contributed by atoms with Gasteiger partial charge in [-0.15, -0.1) is 0 Å². The smallest absolute Gasteiger partial charge is 0.148 e. The van der Waals surface area contributed by atoms with E-state index in [-0.39, 0.29) is 0 Å². The largest absolute Gasteiger partial charge is 0.487 e. The number of benzene rings is 2. The molecule has 2 aromatic carbocycles. The van der Waals surface area contributed by atoms with E-state index in [1.807, 2.05) is 37.3 Å². The highest BCUT2D eigenvalue weighted by Crippen LogP contribution is 2.33. The van der Waals surface area contributed by atoms with Gasteiger partial charge in [0.25, 0.3) is 0 Å². The van der Waals surface area contributed by atoms with Gasteiger partial charge in [0.2, 0.25) is 0 Å². The van der Waals surface area contributed by atoms with E-state index in [1.54, 1.807) is 6.07 Å². The van der Waals surface area contributed by atoms with Crippen LogP contribution in [0.4, 0.5) is 0 Å². The molecule has 0 amide bonds. The molecule has 4 heteroatoms.